The van der Waals surface area contributed by atoms with Crippen LogP contribution in [0.5, 0.6) is 0 Å². The van der Waals surface area contributed by atoms with Gasteiger partial charge < -0.3 is 5.32 Å². The van der Waals surface area contributed by atoms with Crippen molar-refractivity contribution in [2.75, 3.05) is 12.0 Å². The Bertz CT molecular complexity index is 615. The maximum Gasteiger partial charge on any atom is 0.241 e. The van der Waals surface area contributed by atoms with E-state index in [2.05, 4.69) is 10.0 Å². The Balaban J connectivity index is 2.09. The summed E-state index contributed by atoms with van der Waals surface area (Å²) >= 11 is 7.34. The first-order valence-corrected chi connectivity index (χ1v) is 10.2. The molecule has 1 aliphatic carbocycles. The number of carbonyl (C=O) groups excluding carboxylic acids is 1. The maximum atomic E-state index is 12.4. The zero-order chi connectivity index (χ0) is 16.2. The quantitative estimate of drug-likeness (QED) is 0.741. The third-order valence-electron chi connectivity index (χ3n) is 3.27. The number of thioether (sulfide) groups is 1. The molecule has 2 N–H and O–H groups in total. The van der Waals surface area contributed by atoms with Crippen LogP contribution in [-0.2, 0) is 14.8 Å². The van der Waals surface area contributed by atoms with E-state index in [1.165, 1.54) is 24.3 Å². The molecule has 8 heteroatoms. The van der Waals surface area contributed by atoms with Gasteiger partial charge in [-0.3, -0.25) is 4.79 Å². The Morgan fingerprint density at radius 1 is 1.36 bits per heavy atom. The Hall–Kier alpha value is -0.760. The molecule has 0 bridgehead atoms. The summed E-state index contributed by atoms with van der Waals surface area (Å²) in [5, 5.41) is 3.31. The number of nitrogens with one attached hydrogen (secondary N) is 2. The summed E-state index contributed by atoms with van der Waals surface area (Å²) in [6, 6.07) is 5.32. The van der Waals surface area contributed by atoms with Crippen molar-refractivity contribution in [1.82, 2.24) is 10.0 Å². The fourth-order valence-electron chi connectivity index (χ4n) is 1.88. The van der Waals surface area contributed by atoms with Crippen LogP contribution in [0.1, 0.15) is 19.3 Å². The zero-order valence-electron chi connectivity index (χ0n) is 12.2. The van der Waals surface area contributed by atoms with Crippen molar-refractivity contribution in [3.63, 3.8) is 0 Å². The molecule has 1 saturated carbocycles. The molecule has 2 rings (SSSR count). The molecule has 122 valence electrons. The first-order chi connectivity index (χ1) is 10.4. The smallest absolute Gasteiger partial charge is 0.241 e. The van der Waals surface area contributed by atoms with Gasteiger partial charge in [-0.2, -0.15) is 16.5 Å². The second kappa shape index (κ2) is 7.68. The highest BCUT2D eigenvalue weighted by Gasteiger charge is 2.30. The van der Waals surface area contributed by atoms with E-state index >= 15 is 0 Å². The fourth-order valence-corrected chi connectivity index (χ4v) is 3.71. The number of halogens is 1. The van der Waals surface area contributed by atoms with Crippen LogP contribution < -0.4 is 10.0 Å². The van der Waals surface area contributed by atoms with Crippen LogP contribution in [-0.4, -0.2) is 38.4 Å². The summed E-state index contributed by atoms with van der Waals surface area (Å²) < 4.78 is 27.3. The molecule has 0 aliphatic heterocycles. The van der Waals surface area contributed by atoms with Crippen molar-refractivity contribution in [2.45, 2.75) is 36.2 Å². The molecule has 1 amide bonds. The van der Waals surface area contributed by atoms with Gasteiger partial charge in [0, 0.05) is 11.1 Å². The molecule has 0 radical (unpaired) electrons. The average molecular weight is 363 g/mol. The summed E-state index contributed by atoms with van der Waals surface area (Å²) in [5.74, 6) is 0.445. The first-order valence-electron chi connectivity index (χ1n) is 6.99. The Labute approximate surface area is 140 Å². The van der Waals surface area contributed by atoms with Crippen molar-refractivity contribution >= 4 is 39.3 Å². The topological polar surface area (TPSA) is 75.3 Å². The minimum atomic E-state index is -3.75. The summed E-state index contributed by atoms with van der Waals surface area (Å²) in [4.78, 5) is 12.3. The highest BCUT2D eigenvalue weighted by Crippen LogP contribution is 2.20. The normalized spacial score (nSPS) is 16.3. The summed E-state index contributed by atoms with van der Waals surface area (Å²) in [6.07, 6.45) is 4.30. The van der Waals surface area contributed by atoms with Crippen molar-refractivity contribution in [2.24, 2.45) is 0 Å². The number of carbonyl (C=O) groups is 1. The molecular formula is C14H19ClN2O3S2. The lowest BCUT2D eigenvalue weighted by atomic mass is 10.2. The zero-order valence-corrected chi connectivity index (χ0v) is 14.6. The molecule has 0 heterocycles. The SMILES string of the molecule is CSCCC(NS(=O)(=O)c1ccc(Cl)cc1)C(=O)NC1CC1. The molecule has 1 unspecified atom stereocenters. The van der Waals surface area contributed by atoms with E-state index in [1.54, 1.807) is 11.8 Å². The van der Waals surface area contributed by atoms with Gasteiger partial charge in [0.15, 0.2) is 0 Å². The lowest BCUT2D eigenvalue weighted by molar-refractivity contribution is -0.122. The first kappa shape index (κ1) is 17.6. The number of hydrogen-bond acceptors (Lipinski definition) is 4. The van der Waals surface area contributed by atoms with Crippen LogP contribution in [0.25, 0.3) is 0 Å². The van der Waals surface area contributed by atoms with Crippen LogP contribution in [0.4, 0.5) is 0 Å². The summed E-state index contributed by atoms with van der Waals surface area (Å²) in [6.45, 7) is 0. The Morgan fingerprint density at radius 3 is 2.55 bits per heavy atom. The highest BCUT2D eigenvalue weighted by atomic mass is 35.5. The molecule has 22 heavy (non-hydrogen) atoms. The average Bonchev–Trinajstić information content (AvgIpc) is 3.27. The van der Waals surface area contributed by atoms with E-state index in [9.17, 15) is 13.2 Å². The number of benzene rings is 1. The molecule has 5 nitrogen and oxygen atoms in total. The molecule has 1 aromatic rings. The second-order valence-corrected chi connectivity index (χ2v) is 8.33. The van der Waals surface area contributed by atoms with Gasteiger partial charge in [-0.1, -0.05) is 11.6 Å². The van der Waals surface area contributed by atoms with E-state index < -0.39 is 16.1 Å². The van der Waals surface area contributed by atoms with E-state index in [4.69, 9.17) is 11.6 Å². The van der Waals surface area contributed by atoms with Crippen LogP contribution >= 0.6 is 23.4 Å². The molecule has 1 aliphatic rings. The Morgan fingerprint density at radius 2 is 2.00 bits per heavy atom. The van der Waals surface area contributed by atoms with E-state index in [-0.39, 0.29) is 16.8 Å². The predicted octanol–water partition coefficient (Wildman–Crippen LogP) is 2.02. The van der Waals surface area contributed by atoms with Gasteiger partial charge in [0.1, 0.15) is 6.04 Å². The van der Waals surface area contributed by atoms with Gasteiger partial charge in [0.25, 0.3) is 0 Å². The van der Waals surface area contributed by atoms with Gasteiger partial charge in [-0.25, -0.2) is 8.42 Å². The monoisotopic (exact) mass is 362 g/mol. The molecular weight excluding hydrogens is 344 g/mol. The largest absolute Gasteiger partial charge is 0.352 e. The van der Waals surface area contributed by atoms with Crippen LogP contribution in [0.15, 0.2) is 29.2 Å². The minimum absolute atomic E-state index is 0.102. The van der Waals surface area contributed by atoms with E-state index in [0.29, 0.717) is 17.2 Å². The van der Waals surface area contributed by atoms with Crippen molar-refractivity contribution in [1.29, 1.82) is 0 Å². The van der Waals surface area contributed by atoms with Crippen molar-refractivity contribution in [3.8, 4) is 0 Å². The summed E-state index contributed by atoms with van der Waals surface area (Å²) in [7, 11) is -3.75. The lowest BCUT2D eigenvalue weighted by Crippen LogP contribution is -2.47. The third-order valence-corrected chi connectivity index (χ3v) is 5.66. The molecule has 1 atom stereocenters. The van der Waals surface area contributed by atoms with Crippen molar-refractivity contribution in [3.05, 3.63) is 29.3 Å². The standard InChI is InChI=1S/C14H19ClN2O3S2/c1-21-9-8-13(14(18)16-11-4-5-11)17-22(19,20)12-6-2-10(15)3-7-12/h2-3,6-7,11,13,17H,4-5,8-9H2,1H3,(H,16,18). The molecule has 1 aromatic carbocycles. The lowest BCUT2D eigenvalue weighted by Gasteiger charge is -2.18. The van der Waals surface area contributed by atoms with Gasteiger partial charge in [0.2, 0.25) is 15.9 Å². The number of rotatable bonds is 8. The van der Waals surface area contributed by atoms with Gasteiger partial charge in [0.05, 0.1) is 4.90 Å². The fraction of sp³-hybridized carbons (Fsp3) is 0.500. The van der Waals surface area contributed by atoms with Gasteiger partial charge in [-0.15, -0.1) is 0 Å². The van der Waals surface area contributed by atoms with Crippen LogP contribution in [0.2, 0.25) is 5.02 Å². The molecule has 1 fully saturated rings. The van der Waals surface area contributed by atoms with Crippen molar-refractivity contribution < 1.29 is 13.2 Å². The number of hydrogen-bond donors (Lipinski definition) is 2. The van der Waals surface area contributed by atoms with Gasteiger partial charge in [-0.05, 0) is 55.5 Å². The molecule has 0 saturated heterocycles. The molecule has 0 spiro atoms. The Kier molecular flexibility index (Phi) is 6.14. The molecule has 0 aromatic heterocycles. The second-order valence-electron chi connectivity index (χ2n) is 5.19. The number of amides is 1. The maximum absolute atomic E-state index is 12.4. The number of sulfonamides is 1. The van der Waals surface area contributed by atoms with E-state index in [0.717, 1.165) is 12.8 Å². The van der Waals surface area contributed by atoms with E-state index in [1.807, 2.05) is 6.26 Å². The summed E-state index contributed by atoms with van der Waals surface area (Å²) in [5.41, 5.74) is 0. The van der Waals surface area contributed by atoms with Crippen LogP contribution in [0.3, 0.4) is 0 Å². The van der Waals surface area contributed by atoms with Gasteiger partial charge >= 0.3 is 0 Å². The predicted molar refractivity (Wildman–Crippen MR) is 89.7 cm³/mol. The van der Waals surface area contributed by atoms with Crippen LogP contribution in [0, 0.1) is 0 Å². The highest BCUT2D eigenvalue weighted by molar-refractivity contribution is 7.98. The third kappa shape index (κ3) is 5.15. The minimum Gasteiger partial charge on any atom is -0.352 e.